The second-order valence-corrected chi connectivity index (χ2v) is 5.05. The number of rotatable bonds is 8. The third-order valence-electron chi connectivity index (χ3n) is 3.54. The van der Waals surface area contributed by atoms with E-state index in [2.05, 4.69) is 73.4 Å². The number of ether oxygens (including phenoxy) is 1. The van der Waals surface area contributed by atoms with Crippen LogP contribution < -0.4 is 5.32 Å². The van der Waals surface area contributed by atoms with Crippen molar-refractivity contribution in [3.63, 3.8) is 0 Å². The highest BCUT2D eigenvalue weighted by Crippen LogP contribution is 2.24. The Hall–Kier alpha value is -2.06. The monoisotopic (exact) mass is 281 g/mol. The highest BCUT2D eigenvalue weighted by atomic mass is 16.5. The third kappa shape index (κ3) is 4.47. The largest absolute Gasteiger partial charge is 0.502 e. The lowest BCUT2D eigenvalue weighted by Crippen LogP contribution is -2.24. The molecular formula is C19H23NO. The van der Waals surface area contributed by atoms with E-state index in [9.17, 15) is 0 Å². The molecule has 1 unspecified atom stereocenters. The molecule has 2 rings (SSSR count). The summed E-state index contributed by atoms with van der Waals surface area (Å²) in [6.07, 6.45) is 2.46. The van der Waals surface area contributed by atoms with Gasteiger partial charge in [0.2, 0.25) is 0 Å². The van der Waals surface area contributed by atoms with Crippen LogP contribution in [0, 0.1) is 6.92 Å². The Morgan fingerprint density at radius 1 is 1.10 bits per heavy atom. The number of hydrogen-bond donors (Lipinski definition) is 1. The van der Waals surface area contributed by atoms with Gasteiger partial charge in [0.05, 0.1) is 18.9 Å². The fourth-order valence-corrected chi connectivity index (χ4v) is 2.45. The van der Waals surface area contributed by atoms with Gasteiger partial charge in [-0.2, -0.15) is 0 Å². The van der Waals surface area contributed by atoms with Crippen LogP contribution in [0.15, 0.2) is 67.4 Å². The number of hydrogen-bond acceptors (Lipinski definition) is 2. The van der Waals surface area contributed by atoms with Gasteiger partial charge in [0.25, 0.3) is 0 Å². The van der Waals surface area contributed by atoms with Gasteiger partial charge >= 0.3 is 0 Å². The van der Waals surface area contributed by atoms with E-state index in [0.29, 0.717) is 6.61 Å². The Kier molecular flexibility index (Phi) is 6.04. The Morgan fingerprint density at radius 3 is 2.52 bits per heavy atom. The molecule has 110 valence electrons. The summed E-state index contributed by atoms with van der Waals surface area (Å²) < 4.78 is 5.17. The van der Waals surface area contributed by atoms with Gasteiger partial charge in [-0.05, 0) is 36.6 Å². The van der Waals surface area contributed by atoms with Crippen LogP contribution in [0.3, 0.4) is 0 Å². The number of aryl methyl sites for hydroxylation is 1. The quantitative estimate of drug-likeness (QED) is 0.577. The molecule has 0 spiro atoms. The second-order valence-electron chi connectivity index (χ2n) is 5.05. The summed E-state index contributed by atoms with van der Waals surface area (Å²) in [6.45, 7) is 7.32. The molecule has 21 heavy (non-hydrogen) atoms. The summed E-state index contributed by atoms with van der Waals surface area (Å²) in [5.74, 6) is 0. The molecule has 0 aliphatic rings. The van der Waals surface area contributed by atoms with Crippen molar-refractivity contribution in [1.82, 2.24) is 5.32 Å². The zero-order chi connectivity index (χ0) is 14.9. The molecule has 0 fully saturated rings. The lowest BCUT2D eigenvalue weighted by Gasteiger charge is -2.21. The van der Waals surface area contributed by atoms with Crippen LogP contribution >= 0.6 is 0 Å². The van der Waals surface area contributed by atoms with Crippen molar-refractivity contribution < 1.29 is 4.74 Å². The molecule has 0 aromatic heterocycles. The molecule has 0 aliphatic carbocycles. The summed E-state index contributed by atoms with van der Waals surface area (Å²) in [4.78, 5) is 0. The van der Waals surface area contributed by atoms with E-state index in [1.165, 1.54) is 23.0 Å². The molecule has 2 heteroatoms. The molecule has 2 aromatic carbocycles. The van der Waals surface area contributed by atoms with Gasteiger partial charge in [0.15, 0.2) is 0 Å². The number of nitrogens with one attached hydrogen (secondary N) is 1. The van der Waals surface area contributed by atoms with Crippen molar-refractivity contribution >= 4 is 0 Å². The Morgan fingerprint density at radius 2 is 1.81 bits per heavy atom. The predicted molar refractivity (Wildman–Crippen MR) is 88.2 cm³/mol. The lowest BCUT2D eigenvalue weighted by molar-refractivity contribution is 0.243. The average molecular weight is 281 g/mol. The predicted octanol–water partition coefficient (Wildman–Crippen LogP) is 4.22. The zero-order valence-electron chi connectivity index (χ0n) is 12.6. The molecule has 0 saturated carbocycles. The van der Waals surface area contributed by atoms with E-state index in [1.54, 1.807) is 0 Å². The van der Waals surface area contributed by atoms with Gasteiger partial charge in [0.1, 0.15) is 0 Å². The van der Waals surface area contributed by atoms with Crippen LogP contribution in [0.25, 0.3) is 0 Å². The summed E-state index contributed by atoms with van der Waals surface area (Å²) in [5, 5.41) is 3.64. The first-order valence-electron chi connectivity index (χ1n) is 7.39. The lowest BCUT2D eigenvalue weighted by atomic mass is 9.95. The van der Waals surface area contributed by atoms with E-state index in [0.717, 1.165) is 13.0 Å². The van der Waals surface area contributed by atoms with Crippen LogP contribution in [0.2, 0.25) is 0 Å². The van der Waals surface area contributed by atoms with Gasteiger partial charge in [-0.15, -0.1) is 0 Å². The van der Waals surface area contributed by atoms with Gasteiger partial charge < -0.3 is 10.1 Å². The summed E-state index contributed by atoms with van der Waals surface area (Å²) in [5.41, 5.74) is 3.92. The minimum absolute atomic E-state index is 0.219. The maximum absolute atomic E-state index is 5.17. The van der Waals surface area contributed by atoms with E-state index in [-0.39, 0.29) is 6.04 Å². The normalized spacial score (nSPS) is 11.9. The summed E-state index contributed by atoms with van der Waals surface area (Å²) in [7, 11) is 0. The molecule has 1 N–H and O–H groups in total. The van der Waals surface area contributed by atoms with Crippen LogP contribution in [-0.4, -0.2) is 13.2 Å². The first-order valence-corrected chi connectivity index (χ1v) is 7.39. The highest BCUT2D eigenvalue weighted by molar-refractivity contribution is 5.36. The fraction of sp³-hybridized carbons (Fsp3) is 0.263. The molecular weight excluding hydrogens is 258 g/mol. The topological polar surface area (TPSA) is 21.3 Å². The molecule has 0 saturated heterocycles. The molecule has 2 nitrogen and oxygen atoms in total. The highest BCUT2D eigenvalue weighted by Gasteiger charge is 2.14. The van der Waals surface area contributed by atoms with Crippen LogP contribution in [-0.2, 0) is 4.74 Å². The fourth-order valence-electron chi connectivity index (χ4n) is 2.45. The molecule has 0 aliphatic heterocycles. The molecule has 0 amide bonds. The Bertz CT molecular complexity index is 551. The van der Waals surface area contributed by atoms with Crippen molar-refractivity contribution in [2.45, 2.75) is 19.4 Å². The van der Waals surface area contributed by atoms with Crippen molar-refractivity contribution in [2.75, 3.05) is 13.2 Å². The van der Waals surface area contributed by atoms with Crippen LogP contribution in [0.4, 0.5) is 0 Å². The van der Waals surface area contributed by atoms with Crippen molar-refractivity contribution in [2.24, 2.45) is 0 Å². The Labute approximate surface area is 127 Å². The van der Waals surface area contributed by atoms with E-state index in [1.807, 2.05) is 0 Å². The molecule has 0 heterocycles. The maximum atomic E-state index is 5.17. The molecule has 0 bridgehead atoms. The smallest absolute Gasteiger partial charge is 0.0885 e. The number of benzene rings is 2. The zero-order valence-corrected chi connectivity index (χ0v) is 12.6. The Balaban J connectivity index is 2.12. The molecule has 2 aromatic rings. The minimum atomic E-state index is 0.219. The molecule has 0 radical (unpaired) electrons. The minimum Gasteiger partial charge on any atom is -0.502 e. The maximum Gasteiger partial charge on any atom is 0.0885 e. The SMILES string of the molecule is C=COCCCNC(c1ccccc1)c1ccccc1C. The second kappa shape index (κ2) is 8.28. The van der Waals surface area contributed by atoms with Crippen molar-refractivity contribution in [3.8, 4) is 0 Å². The van der Waals surface area contributed by atoms with E-state index >= 15 is 0 Å². The summed E-state index contributed by atoms with van der Waals surface area (Å²) >= 11 is 0. The van der Waals surface area contributed by atoms with E-state index < -0.39 is 0 Å². The van der Waals surface area contributed by atoms with Crippen LogP contribution in [0.1, 0.15) is 29.2 Å². The standard InChI is InChI=1S/C19H23NO/c1-3-21-15-9-14-20-19(17-11-5-4-6-12-17)18-13-8-7-10-16(18)2/h3-8,10-13,19-20H,1,9,14-15H2,2H3. The first kappa shape index (κ1) is 15.3. The van der Waals surface area contributed by atoms with Crippen molar-refractivity contribution in [3.05, 3.63) is 84.1 Å². The van der Waals surface area contributed by atoms with E-state index in [4.69, 9.17) is 4.74 Å². The van der Waals surface area contributed by atoms with Crippen LogP contribution in [0.5, 0.6) is 0 Å². The first-order chi connectivity index (χ1) is 10.3. The van der Waals surface area contributed by atoms with Gasteiger partial charge in [-0.3, -0.25) is 0 Å². The summed E-state index contributed by atoms with van der Waals surface area (Å²) in [6, 6.07) is 19.3. The average Bonchev–Trinajstić information content (AvgIpc) is 2.53. The molecule has 1 atom stereocenters. The van der Waals surface area contributed by atoms with Gasteiger partial charge in [-0.25, -0.2) is 0 Å². The third-order valence-corrected chi connectivity index (χ3v) is 3.54. The van der Waals surface area contributed by atoms with Gasteiger partial charge in [-0.1, -0.05) is 61.2 Å². The van der Waals surface area contributed by atoms with Gasteiger partial charge in [0, 0.05) is 0 Å². The van der Waals surface area contributed by atoms with Crippen molar-refractivity contribution in [1.29, 1.82) is 0 Å².